The summed E-state index contributed by atoms with van der Waals surface area (Å²) in [6.07, 6.45) is 0.612. The normalized spacial score (nSPS) is 16.9. The highest BCUT2D eigenvalue weighted by Crippen LogP contribution is 2.33. The van der Waals surface area contributed by atoms with Crippen molar-refractivity contribution in [3.63, 3.8) is 0 Å². The molecule has 0 aliphatic carbocycles. The second-order valence-electron chi connectivity index (χ2n) is 9.04. The average Bonchev–Trinajstić information content (AvgIpc) is 3.13. The summed E-state index contributed by atoms with van der Waals surface area (Å²) in [4.78, 5) is 41.2. The van der Waals surface area contributed by atoms with E-state index in [0.29, 0.717) is 43.2 Å². The van der Waals surface area contributed by atoms with Crippen LogP contribution in [0.2, 0.25) is 0 Å². The van der Waals surface area contributed by atoms with E-state index in [4.69, 9.17) is 9.47 Å². The number of carbonyl (C=O) groups excluding carboxylic acids is 3. The molecule has 4 amide bonds. The van der Waals surface area contributed by atoms with E-state index in [1.54, 1.807) is 25.1 Å². The molecule has 1 atom stereocenters. The summed E-state index contributed by atoms with van der Waals surface area (Å²) < 4.78 is 11.1. The molecule has 2 aliphatic heterocycles. The van der Waals surface area contributed by atoms with Crippen molar-refractivity contribution in [3.8, 4) is 11.5 Å². The number of urea groups is 1. The van der Waals surface area contributed by atoms with Crippen molar-refractivity contribution in [1.82, 2.24) is 10.2 Å². The first-order chi connectivity index (χ1) is 17.4. The molecule has 0 bridgehead atoms. The summed E-state index contributed by atoms with van der Waals surface area (Å²) in [6, 6.07) is 22.5. The number of nitrogens with one attached hydrogen (secondary N) is 2. The summed E-state index contributed by atoms with van der Waals surface area (Å²) in [5.74, 6) is 0.231. The fourth-order valence-electron chi connectivity index (χ4n) is 4.67. The monoisotopic (exact) mass is 485 g/mol. The van der Waals surface area contributed by atoms with Crippen molar-refractivity contribution >= 4 is 23.5 Å². The van der Waals surface area contributed by atoms with Crippen molar-refractivity contribution in [1.29, 1.82) is 0 Å². The topological polar surface area (TPSA) is 97.0 Å². The van der Waals surface area contributed by atoms with Gasteiger partial charge in [0.15, 0.2) is 11.5 Å². The summed E-state index contributed by atoms with van der Waals surface area (Å²) in [5, 5.41) is 5.71. The maximum atomic E-state index is 13.9. The number of carbonyl (C=O) groups is 3. The fraction of sp³-hybridized carbons (Fsp3) is 0.250. The number of anilines is 1. The minimum atomic E-state index is -1.20. The highest BCUT2D eigenvalue weighted by molar-refractivity contribution is 6.11. The van der Waals surface area contributed by atoms with E-state index in [1.165, 1.54) is 0 Å². The zero-order valence-corrected chi connectivity index (χ0v) is 19.9. The van der Waals surface area contributed by atoms with Crippen LogP contribution < -0.4 is 20.1 Å². The Morgan fingerprint density at radius 2 is 1.50 bits per heavy atom. The molecule has 2 aliphatic rings. The van der Waals surface area contributed by atoms with Crippen LogP contribution in [0.5, 0.6) is 11.5 Å². The SMILES string of the molecule is C[C@@H](C(=O)Nc1ccc2c(c1)OCCO2)N1C(=O)NC(Cc2ccccc2)(Cc2ccccc2)C1=O. The smallest absolute Gasteiger partial charge is 0.325 e. The van der Waals surface area contributed by atoms with E-state index >= 15 is 0 Å². The quantitative estimate of drug-likeness (QED) is 0.499. The number of hydrogen-bond acceptors (Lipinski definition) is 5. The van der Waals surface area contributed by atoms with Gasteiger partial charge in [0.25, 0.3) is 5.91 Å². The molecule has 2 N–H and O–H groups in total. The Balaban J connectivity index is 1.38. The Labute approximate surface area is 209 Å². The zero-order chi connectivity index (χ0) is 25.1. The molecule has 1 saturated heterocycles. The van der Waals surface area contributed by atoms with Gasteiger partial charge in [0.05, 0.1) is 0 Å². The average molecular weight is 486 g/mol. The molecule has 0 unspecified atom stereocenters. The van der Waals surface area contributed by atoms with Gasteiger partial charge in [-0.2, -0.15) is 0 Å². The minimum absolute atomic E-state index is 0.306. The second kappa shape index (κ2) is 9.73. The molecular formula is C28H27N3O5. The lowest BCUT2D eigenvalue weighted by atomic mass is 9.84. The van der Waals surface area contributed by atoms with Crippen LogP contribution in [0.3, 0.4) is 0 Å². The third-order valence-electron chi connectivity index (χ3n) is 6.47. The molecule has 1 fully saturated rings. The predicted molar refractivity (Wildman–Crippen MR) is 134 cm³/mol. The van der Waals surface area contributed by atoms with Crippen molar-refractivity contribution < 1.29 is 23.9 Å². The minimum Gasteiger partial charge on any atom is -0.486 e. The number of fused-ring (bicyclic) bond motifs is 1. The molecule has 2 heterocycles. The molecular weight excluding hydrogens is 458 g/mol. The standard InChI is InChI=1S/C28H27N3O5/c1-19(25(32)29-22-12-13-23-24(16-22)36-15-14-35-23)31-26(33)28(30-27(31)34,17-20-8-4-2-5-9-20)18-21-10-6-3-7-11-21/h2-13,16,19H,14-15,17-18H2,1H3,(H,29,32)(H,30,34)/t19-/m0/s1. The zero-order valence-electron chi connectivity index (χ0n) is 19.9. The molecule has 5 rings (SSSR count). The summed E-state index contributed by atoms with van der Waals surface area (Å²) in [7, 11) is 0. The van der Waals surface area contributed by atoms with Crippen molar-refractivity contribution in [2.45, 2.75) is 31.3 Å². The van der Waals surface area contributed by atoms with E-state index in [9.17, 15) is 14.4 Å². The van der Waals surface area contributed by atoms with Crippen LogP contribution in [0.1, 0.15) is 18.1 Å². The lowest BCUT2D eigenvalue weighted by Crippen LogP contribution is -2.52. The second-order valence-corrected chi connectivity index (χ2v) is 9.04. The first-order valence-electron chi connectivity index (χ1n) is 11.9. The molecule has 8 nitrogen and oxygen atoms in total. The van der Waals surface area contributed by atoms with Gasteiger partial charge < -0.3 is 20.1 Å². The Kier molecular flexibility index (Phi) is 6.33. The molecule has 0 spiro atoms. The number of hydrogen-bond donors (Lipinski definition) is 2. The van der Waals surface area contributed by atoms with Gasteiger partial charge in [-0.15, -0.1) is 0 Å². The fourth-order valence-corrected chi connectivity index (χ4v) is 4.67. The maximum absolute atomic E-state index is 13.9. The lowest BCUT2D eigenvalue weighted by molar-refractivity contribution is -0.136. The van der Waals surface area contributed by atoms with E-state index in [1.807, 2.05) is 60.7 Å². The first kappa shape index (κ1) is 23.4. The molecule has 3 aromatic rings. The Bertz CT molecular complexity index is 1240. The predicted octanol–water partition coefficient (Wildman–Crippen LogP) is 3.56. The Morgan fingerprint density at radius 3 is 2.11 bits per heavy atom. The lowest BCUT2D eigenvalue weighted by Gasteiger charge is -2.28. The number of nitrogens with zero attached hydrogens (tertiary/aromatic N) is 1. The third kappa shape index (κ3) is 4.62. The Hall–Kier alpha value is -4.33. The molecule has 3 aromatic carbocycles. The summed E-state index contributed by atoms with van der Waals surface area (Å²) >= 11 is 0. The third-order valence-corrected chi connectivity index (χ3v) is 6.47. The van der Waals surface area contributed by atoms with Crippen LogP contribution in [0.15, 0.2) is 78.9 Å². The number of imide groups is 1. The van der Waals surface area contributed by atoms with Gasteiger partial charge in [0.1, 0.15) is 24.8 Å². The number of benzene rings is 3. The summed E-state index contributed by atoms with van der Waals surface area (Å²) in [5.41, 5.74) is 1.11. The maximum Gasteiger partial charge on any atom is 0.325 e. The van der Waals surface area contributed by atoms with Crippen LogP contribution in [-0.2, 0) is 22.4 Å². The number of amides is 4. The molecule has 184 valence electrons. The van der Waals surface area contributed by atoms with Crippen LogP contribution in [0.25, 0.3) is 0 Å². The molecule has 0 aromatic heterocycles. The largest absolute Gasteiger partial charge is 0.486 e. The molecule has 0 radical (unpaired) electrons. The van der Waals surface area contributed by atoms with Gasteiger partial charge in [-0.25, -0.2) is 9.69 Å². The van der Waals surface area contributed by atoms with Gasteiger partial charge in [-0.3, -0.25) is 9.59 Å². The molecule has 8 heteroatoms. The summed E-state index contributed by atoms with van der Waals surface area (Å²) in [6.45, 7) is 2.44. The highest BCUT2D eigenvalue weighted by Gasteiger charge is 2.53. The van der Waals surface area contributed by atoms with Gasteiger partial charge in [0, 0.05) is 24.6 Å². The van der Waals surface area contributed by atoms with Crippen LogP contribution in [0, 0.1) is 0 Å². The van der Waals surface area contributed by atoms with Gasteiger partial charge in [-0.1, -0.05) is 60.7 Å². The van der Waals surface area contributed by atoms with Gasteiger partial charge in [0.2, 0.25) is 5.91 Å². The van der Waals surface area contributed by atoms with E-state index in [-0.39, 0.29) is 0 Å². The van der Waals surface area contributed by atoms with Crippen molar-refractivity contribution in [2.75, 3.05) is 18.5 Å². The molecule has 0 saturated carbocycles. The van der Waals surface area contributed by atoms with E-state index < -0.39 is 29.4 Å². The van der Waals surface area contributed by atoms with Crippen LogP contribution >= 0.6 is 0 Å². The van der Waals surface area contributed by atoms with E-state index in [2.05, 4.69) is 10.6 Å². The van der Waals surface area contributed by atoms with Crippen molar-refractivity contribution in [3.05, 3.63) is 90.0 Å². The van der Waals surface area contributed by atoms with Crippen LogP contribution in [-0.4, -0.2) is 47.5 Å². The van der Waals surface area contributed by atoms with Crippen molar-refractivity contribution in [2.24, 2.45) is 0 Å². The highest BCUT2D eigenvalue weighted by atomic mass is 16.6. The molecule has 36 heavy (non-hydrogen) atoms. The van der Waals surface area contributed by atoms with E-state index in [0.717, 1.165) is 16.0 Å². The number of ether oxygens (including phenoxy) is 2. The Morgan fingerprint density at radius 1 is 0.917 bits per heavy atom. The number of rotatable bonds is 7. The van der Waals surface area contributed by atoms with Gasteiger partial charge >= 0.3 is 6.03 Å². The first-order valence-corrected chi connectivity index (χ1v) is 11.9. The van der Waals surface area contributed by atoms with Crippen LogP contribution in [0.4, 0.5) is 10.5 Å². The van der Waals surface area contributed by atoms with Gasteiger partial charge in [-0.05, 0) is 30.2 Å².